The third kappa shape index (κ3) is 4.68. The molecule has 2 amide bonds. The lowest BCUT2D eigenvalue weighted by Gasteiger charge is -2.38. The second-order valence-electron chi connectivity index (χ2n) is 7.00. The van der Waals surface area contributed by atoms with Crippen molar-refractivity contribution in [3.8, 4) is 0 Å². The quantitative estimate of drug-likeness (QED) is 0.805. The smallest absolute Gasteiger partial charge is 0.267 e. The summed E-state index contributed by atoms with van der Waals surface area (Å²) in [6.45, 7) is 3.85. The Kier molecular flexibility index (Phi) is 6.64. The molecule has 1 fully saturated rings. The minimum Gasteiger partial charge on any atom is -0.376 e. The van der Waals surface area contributed by atoms with Crippen molar-refractivity contribution in [2.24, 2.45) is 5.10 Å². The SMILES string of the molecule is C[C@@H]1CN([C@H](CNC(=O)C2=NN(C)C(=O)CC2)c2c(F)cccc2Cl)CCO1. The van der Waals surface area contributed by atoms with Gasteiger partial charge < -0.3 is 10.1 Å². The number of carbonyl (C=O) groups excluding carboxylic acids is 2. The van der Waals surface area contributed by atoms with Crippen molar-refractivity contribution < 1.29 is 18.7 Å². The molecule has 0 bridgehead atoms. The van der Waals surface area contributed by atoms with Crippen LogP contribution in [0.1, 0.15) is 31.4 Å². The minimum atomic E-state index is -0.437. The Morgan fingerprint density at radius 2 is 2.25 bits per heavy atom. The van der Waals surface area contributed by atoms with Crippen molar-refractivity contribution >= 4 is 29.1 Å². The molecule has 0 radical (unpaired) electrons. The van der Waals surface area contributed by atoms with E-state index in [1.807, 2.05) is 6.92 Å². The Morgan fingerprint density at radius 1 is 1.46 bits per heavy atom. The van der Waals surface area contributed by atoms with Crippen molar-refractivity contribution in [1.29, 1.82) is 0 Å². The predicted molar refractivity (Wildman–Crippen MR) is 104 cm³/mol. The average Bonchev–Trinajstić information content (AvgIpc) is 2.66. The molecular formula is C19H24ClFN4O3. The van der Waals surface area contributed by atoms with Crippen molar-refractivity contribution in [2.45, 2.75) is 31.9 Å². The van der Waals surface area contributed by atoms with Gasteiger partial charge in [-0.25, -0.2) is 9.40 Å². The number of ether oxygens (including phenoxy) is 1. The molecule has 0 saturated carbocycles. The maximum Gasteiger partial charge on any atom is 0.267 e. The largest absolute Gasteiger partial charge is 0.376 e. The van der Waals surface area contributed by atoms with Gasteiger partial charge in [0.2, 0.25) is 5.91 Å². The molecule has 2 aliphatic rings. The maximum atomic E-state index is 14.6. The van der Waals surface area contributed by atoms with Crippen LogP contribution in [0.5, 0.6) is 0 Å². The number of hydrogen-bond acceptors (Lipinski definition) is 5. The van der Waals surface area contributed by atoms with Crippen molar-refractivity contribution in [3.63, 3.8) is 0 Å². The van der Waals surface area contributed by atoms with Crippen LogP contribution in [0.15, 0.2) is 23.3 Å². The Bertz CT molecular complexity index is 768. The Labute approximate surface area is 168 Å². The molecule has 1 aromatic carbocycles. The first-order valence-corrected chi connectivity index (χ1v) is 9.66. The Balaban J connectivity index is 1.79. The molecule has 2 heterocycles. The van der Waals surface area contributed by atoms with E-state index in [0.717, 1.165) is 0 Å². The number of rotatable bonds is 5. The first kappa shape index (κ1) is 20.7. The number of nitrogens with one attached hydrogen (secondary N) is 1. The van der Waals surface area contributed by atoms with E-state index < -0.39 is 11.9 Å². The summed E-state index contributed by atoms with van der Waals surface area (Å²) >= 11 is 6.30. The predicted octanol–water partition coefficient (Wildman–Crippen LogP) is 1.97. The third-order valence-corrected chi connectivity index (χ3v) is 5.30. The van der Waals surface area contributed by atoms with Gasteiger partial charge in [0.1, 0.15) is 11.5 Å². The van der Waals surface area contributed by atoms with Crippen LogP contribution in [-0.4, -0.2) is 66.8 Å². The van der Waals surface area contributed by atoms with Crippen LogP contribution in [0.2, 0.25) is 5.02 Å². The van der Waals surface area contributed by atoms with Crippen molar-refractivity contribution in [3.05, 3.63) is 34.6 Å². The van der Waals surface area contributed by atoms with E-state index in [4.69, 9.17) is 16.3 Å². The number of hydrogen-bond donors (Lipinski definition) is 1. The van der Waals surface area contributed by atoms with Crippen LogP contribution in [-0.2, 0) is 14.3 Å². The molecule has 2 aliphatic heterocycles. The molecule has 2 atom stereocenters. The van der Waals surface area contributed by atoms with Crippen LogP contribution in [0.25, 0.3) is 0 Å². The molecule has 0 unspecified atom stereocenters. The number of halogens is 2. The van der Waals surface area contributed by atoms with E-state index >= 15 is 0 Å². The van der Waals surface area contributed by atoms with Crippen LogP contribution in [0.3, 0.4) is 0 Å². The lowest BCUT2D eigenvalue weighted by atomic mass is 10.0. The minimum absolute atomic E-state index is 0.000109. The summed E-state index contributed by atoms with van der Waals surface area (Å²) in [5.74, 6) is -0.904. The third-order valence-electron chi connectivity index (χ3n) is 4.97. The molecule has 0 spiro atoms. The molecule has 152 valence electrons. The fourth-order valence-corrected chi connectivity index (χ4v) is 3.78. The number of amides is 2. The molecule has 7 nitrogen and oxygen atoms in total. The van der Waals surface area contributed by atoms with E-state index in [0.29, 0.717) is 30.3 Å². The fraction of sp³-hybridized carbons (Fsp3) is 0.526. The van der Waals surface area contributed by atoms with Gasteiger partial charge in [-0.15, -0.1) is 0 Å². The van der Waals surface area contributed by atoms with Crippen LogP contribution in [0.4, 0.5) is 4.39 Å². The van der Waals surface area contributed by atoms with Gasteiger partial charge in [0.15, 0.2) is 0 Å². The van der Waals surface area contributed by atoms with Crippen LogP contribution < -0.4 is 5.32 Å². The van der Waals surface area contributed by atoms with Crippen LogP contribution in [0, 0.1) is 5.82 Å². The van der Waals surface area contributed by atoms with Gasteiger partial charge in [-0.2, -0.15) is 5.10 Å². The summed E-state index contributed by atoms with van der Waals surface area (Å²) in [6.07, 6.45) is 0.529. The average molecular weight is 411 g/mol. The van der Waals surface area contributed by atoms with E-state index in [-0.39, 0.29) is 43.0 Å². The topological polar surface area (TPSA) is 74.2 Å². The summed E-state index contributed by atoms with van der Waals surface area (Å²) < 4.78 is 20.2. The molecule has 1 N–H and O–H groups in total. The second kappa shape index (κ2) is 8.98. The van der Waals surface area contributed by atoms with E-state index in [2.05, 4.69) is 15.3 Å². The Morgan fingerprint density at radius 3 is 2.93 bits per heavy atom. The standard InChI is InChI=1S/C19H24ClFN4O3/c1-12-11-25(8-9-28-12)16(18-13(20)4-3-5-14(18)21)10-22-19(27)15-6-7-17(26)24(2)23-15/h3-5,12,16H,6-11H2,1-2H3,(H,22,27)/t12-,16-/m1/s1. The zero-order valence-electron chi connectivity index (χ0n) is 16.0. The second-order valence-corrected chi connectivity index (χ2v) is 7.41. The normalized spacial score (nSPS) is 22.0. The van der Waals surface area contributed by atoms with Crippen LogP contribution >= 0.6 is 11.6 Å². The van der Waals surface area contributed by atoms with Gasteiger partial charge in [-0.3, -0.25) is 14.5 Å². The highest BCUT2D eigenvalue weighted by Gasteiger charge is 2.30. The number of carbonyl (C=O) groups is 2. The summed E-state index contributed by atoms with van der Waals surface area (Å²) in [5.41, 5.74) is 0.646. The monoisotopic (exact) mass is 410 g/mol. The molecule has 1 saturated heterocycles. The van der Waals surface area contributed by atoms with Gasteiger partial charge in [0.25, 0.3) is 5.91 Å². The highest BCUT2D eigenvalue weighted by molar-refractivity contribution is 6.39. The number of hydrazone groups is 1. The van der Waals surface area contributed by atoms with E-state index in [9.17, 15) is 14.0 Å². The molecule has 28 heavy (non-hydrogen) atoms. The summed E-state index contributed by atoms with van der Waals surface area (Å²) in [5, 5.41) is 8.36. The van der Waals surface area contributed by atoms with Gasteiger partial charge in [0, 0.05) is 50.1 Å². The Hall–Kier alpha value is -2.03. The van der Waals surface area contributed by atoms with Gasteiger partial charge in [0.05, 0.1) is 18.8 Å². The van der Waals surface area contributed by atoms with Gasteiger partial charge >= 0.3 is 0 Å². The number of nitrogens with zero attached hydrogens (tertiary/aromatic N) is 3. The lowest BCUT2D eigenvalue weighted by Crippen LogP contribution is -2.48. The molecule has 1 aromatic rings. The fourth-order valence-electron chi connectivity index (χ4n) is 3.50. The van der Waals surface area contributed by atoms with Crippen molar-refractivity contribution in [2.75, 3.05) is 33.3 Å². The summed E-state index contributed by atoms with van der Waals surface area (Å²) in [6, 6.07) is 4.13. The molecule has 0 aliphatic carbocycles. The van der Waals surface area contributed by atoms with E-state index in [1.165, 1.54) is 18.1 Å². The number of benzene rings is 1. The maximum absolute atomic E-state index is 14.6. The lowest BCUT2D eigenvalue weighted by molar-refractivity contribution is -0.130. The summed E-state index contributed by atoms with van der Waals surface area (Å²) in [4.78, 5) is 26.2. The van der Waals surface area contributed by atoms with Crippen molar-refractivity contribution in [1.82, 2.24) is 15.2 Å². The number of morpholine rings is 1. The molecule has 9 heteroatoms. The zero-order valence-corrected chi connectivity index (χ0v) is 16.7. The molecule has 0 aromatic heterocycles. The highest BCUT2D eigenvalue weighted by Crippen LogP contribution is 2.31. The van der Waals surface area contributed by atoms with E-state index in [1.54, 1.807) is 12.1 Å². The first-order valence-electron chi connectivity index (χ1n) is 9.28. The van der Waals surface area contributed by atoms with Gasteiger partial charge in [-0.05, 0) is 19.1 Å². The highest BCUT2D eigenvalue weighted by atomic mass is 35.5. The summed E-state index contributed by atoms with van der Waals surface area (Å²) in [7, 11) is 1.52. The van der Waals surface area contributed by atoms with Gasteiger partial charge in [-0.1, -0.05) is 17.7 Å². The first-order chi connectivity index (χ1) is 13.4. The zero-order chi connectivity index (χ0) is 20.3. The molecule has 3 rings (SSSR count). The molecular weight excluding hydrogens is 387 g/mol.